The monoisotopic (exact) mass is 266 g/mol. The van der Waals surface area contributed by atoms with Crippen LogP contribution < -0.4 is 10.6 Å². The van der Waals surface area contributed by atoms with Crippen LogP contribution in [0.15, 0.2) is 4.42 Å². The molecule has 1 heterocycles. The van der Waals surface area contributed by atoms with Crippen molar-refractivity contribution < 1.29 is 4.42 Å². The minimum Gasteiger partial charge on any atom is -0.406 e. The molecule has 0 spiro atoms. The number of aromatic nitrogens is 2. The summed E-state index contributed by atoms with van der Waals surface area (Å²) in [5, 5.41) is 14.8. The molecule has 19 heavy (non-hydrogen) atoms. The number of rotatable bonds is 7. The Morgan fingerprint density at radius 3 is 2.89 bits per heavy atom. The average molecular weight is 266 g/mol. The van der Waals surface area contributed by atoms with Crippen LogP contribution in [0.4, 0.5) is 6.01 Å². The van der Waals surface area contributed by atoms with Gasteiger partial charge in [0, 0.05) is 6.54 Å². The van der Waals surface area contributed by atoms with Crippen LogP contribution in [-0.4, -0.2) is 23.3 Å². The van der Waals surface area contributed by atoms with Crippen LogP contribution in [0.1, 0.15) is 58.4 Å². The second-order valence-electron chi connectivity index (χ2n) is 5.79. The molecule has 0 amide bonds. The average Bonchev–Trinajstić information content (AvgIpc) is 3.02. The van der Waals surface area contributed by atoms with E-state index in [0.717, 1.165) is 31.3 Å². The van der Waals surface area contributed by atoms with Crippen molar-refractivity contribution in [2.75, 3.05) is 18.4 Å². The van der Waals surface area contributed by atoms with Crippen molar-refractivity contribution in [1.29, 1.82) is 0 Å². The molecule has 0 aliphatic heterocycles. The molecule has 5 heteroatoms. The Morgan fingerprint density at radius 2 is 2.21 bits per heavy atom. The molecule has 1 aromatic rings. The minimum atomic E-state index is 0.120. The van der Waals surface area contributed by atoms with Gasteiger partial charge in [-0.2, -0.15) is 0 Å². The molecular weight excluding hydrogens is 240 g/mol. The summed E-state index contributed by atoms with van der Waals surface area (Å²) in [6.07, 6.45) is 5.06. The summed E-state index contributed by atoms with van der Waals surface area (Å²) in [7, 11) is 0. The Hall–Kier alpha value is -1.10. The van der Waals surface area contributed by atoms with Crippen LogP contribution in [0.25, 0.3) is 0 Å². The molecule has 0 radical (unpaired) electrons. The summed E-state index contributed by atoms with van der Waals surface area (Å²) in [5.74, 6) is 2.28. The highest BCUT2D eigenvalue weighted by Crippen LogP contribution is 2.30. The van der Waals surface area contributed by atoms with Gasteiger partial charge in [-0.3, -0.25) is 0 Å². The lowest BCUT2D eigenvalue weighted by Crippen LogP contribution is -2.19. The Labute approximate surface area is 115 Å². The van der Waals surface area contributed by atoms with Crippen LogP contribution in [0.2, 0.25) is 0 Å². The molecule has 0 aromatic carbocycles. The fourth-order valence-electron chi connectivity index (χ4n) is 2.67. The highest BCUT2D eigenvalue weighted by molar-refractivity contribution is 5.17. The zero-order valence-corrected chi connectivity index (χ0v) is 12.3. The van der Waals surface area contributed by atoms with E-state index in [0.29, 0.717) is 11.9 Å². The molecule has 2 N–H and O–H groups in total. The summed E-state index contributed by atoms with van der Waals surface area (Å²) in [6.45, 7) is 8.43. The Kier molecular flexibility index (Phi) is 5.19. The lowest BCUT2D eigenvalue weighted by Gasteiger charge is -2.09. The van der Waals surface area contributed by atoms with E-state index >= 15 is 0 Å². The van der Waals surface area contributed by atoms with E-state index in [1.54, 1.807) is 0 Å². The summed E-state index contributed by atoms with van der Waals surface area (Å²) in [5.41, 5.74) is 0. The summed E-state index contributed by atoms with van der Waals surface area (Å²) < 4.78 is 5.63. The van der Waals surface area contributed by atoms with Gasteiger partial charge in [-0.1, -0.05) is 25.4 Å². The molecule has 5 nitrogen and oxygen atoms in total. The van der Waals surface area contributed by atoms with Crippen LogP contribution in [0.3, 0.4) is 0 Å². The highest BCUT2D eigenvalue weighted by Gasteiger charge is 2.21. The third-order valence-electron chi connectivity index (χ3n) is 3.86. The van der Waals surface area contributed by atoms with Gasteiger partial charge in [0.15, 0.2) is 0 Å². The zero-order valence-electron chi connectivity index (χ0n) is 12.3. The fourth-order valence-corrected chi connectivity index (χ4v) is 2.67. The number of nitrogens with one attached hydrogen (secondary N) is 2. The van der Waals surface area contributed by atoms with E-state index in [4.69, 9.17) is 4.42 Å². The van der Waals surface area contributed by atoms with Gasteiger partial charge in [0.25, 0.3) is 0 Å². The first-order valence-electron chi connectivity index (χ1n) is 7.49. The standard InChI is InChI=1S/C14H26N4O/c1-4-7-15-11(3)13-17-18-14(19-13)16-9-12-6-5-10(2)8-12/h10-12,15H,4-9H2,1-3H3,(H,16,18). The first-order valence-corrected chi connectivity index (χ1v) is 7.49. The summed E-state index contributed by atoms with van der Waals surface area (Å²) >= 11 is 0. The maximum absolute atomic E-state index is 5.63. The summed E-state index contributed by atoms with van der Waals surface area (Å²) in [6, 6.07) is 0.675. The first-order chi connectivity index (χ1) is 9.19. The molecular formula is C14H26N4O. The molecule has 3 atom stereocenters. The molecule has 2 rings (SSSR count). The topological polar surface area (TPSA) is 63.0 Å². The predicted octanol–water partition coefficient (Wildman–Crippen LogP) is 2.98. The van der Waals surface area contributed by atoms with E-state index in [1.165, 1.54) is 19.3 Å². The van der Waals surface area contributed by atoms with Crippen molar-refractivity contribution in [3.8, 4) is 0 Å². The number of anilines is 1. The van der Waals surface area contributed by atoms with E-state index in [9.17, 15) is 0 Å². The van der Waals surface area contributed by atoms with Gasteiger partial charge in [0.1, 0.15) is 0 Å². The SMILES string of the molecule is CCCNC(C)c1nnc(NCC2CCC(C)C2)o1. The quantitative estimate of drug-likeness (QED) is 0.794. The third kappa shape index (κ3) is 4.20. The smallest absolute Gasteiger partial charge is 0.315 e. The highest BCUT2D eigenvalue weighted by atomic mass is 16.4. The van der Waals surface area contributed by atoms with E-state index < -0.39 is 0 Å². The lowest BCUT2D eigenvalue weighted by atomic mass is 10.1. The van der Waals surface area contributed by atoms with E-state index in [2.05, 4.69) is 34.7 Å². The van der Waals surface area contributed by atoms with E-state index in [-0.39, 0.29) is 6.04 Å². The maximum Gasteiger partial charge on any atom is 0.315 e. The Balaban J connectivity index is 1.77. The van der Waals surface area contributed by atoms with Gasteiger partial charge in [0.2, 0.25) is 5.89 Å². The molecule has 1 fully saturated rings. The van der Waals surface area contributed by atoms with E-state index in [1.807, 2.05) is 6.92 Å². The molecule has 1 aromatic heterocycles. The molecule has 0 saturated heterocycles. The van der Waals surface area contributed by atoms with Gasteiger partial charge in [-0.25, -0.2) is 0 Å². The van der Waals surface area contributed by atoms with Crippen molar-refractivity contribution in [2.24, 2.45) is 11.8 Å². The molecule has 3 unspecified atom stereocenters. The van der Waals surface area contributed by atoms with Gasteiger partial charge in [-0.15, -0.1) is 5.10 Å². The van der Waals surface area contributed by atoms with Crippen LogP contribution in [0.5, 0.6) is 0 Å². The molecule has 1 aliphatic rings. The van der Waals surface area contributed by atoms with Crippen LogP contribution >= 0.6 is 0 Å². The largest absolute Gasteiger partial charge is 0.406 e. The third-order valence-corrected chi connectivity index (χ3v) is 3.86. The zero-order chi connectivity index (χ0) is 13.7. The van der Waals surface area contributed by atoms with Crippen molar-refractivity contribution in [2.45, 2.75) is 52.5 Å². The molecule has 0 bridgehead atoms. The maximum atomic E-state index is 5.63. The van der Waals surface area contributed by atoms with Gasteiger partial charge in [-0.05, 0) is 44.6 Å². The minimum absolute atomic E-state index is 0.120. The first kappa shape index (κ1) is 14.3. The second kappa shape index (κ2) is 6.89. The van der Waals surface area contributed by atoms with Crippen molar-refractivity contribution >= 4 is 6.01 Å². The number of hydrogen-bond donors (Lipinski definition) is 2. The number of nitrogens with zero attached hydrogens (tertiary/aromatic N) is 2. The van der Waals surface area contributed by atoms with Gasteiger partial charge < -0.3 is 15.1 Å². The second-order valence-corrected chi connectivity index (χ2v) is 5.79. The van der Waals surface area contributed by atoms with Crippen LogP contribution in [0, 0.1) is 11.8 Å². The summed E-state index contributed by atoms with van der Waals surface area (Å²) in [4.78, 5) is 0. The normalized spacial score (nSPS) is 24.6. The Morgan fingerprint density at radius 1 is 1.37 bits per heavy atom. The molecule has 108 valence electrons. The van der Waals surface area contributed by atoms with Crippen LogP contribution in [-0.2, 0) is 0 Å². The van der Waals surface area contributed by atoms with Crippen molar-refractivity contribution in [3.05, 3.63) is 5.89 Å². The Bertz CT molecular complexity index is 379. The van der Waals surface area contributed by atoms with Gasteiger partial charge in [0.05, 0.1) is 6.04 Å². The van der Waals surface area contributed by atoms with Gasteiger partial charge >= 0.3 is 6.01 Å². The van der Waals surface area contributed by atoms with Crippen molar-refractivity contribution in [3.63, 3.8) is 0 Å². The lowest BCUT2D eigenvalue weighted by molar-refractivity contribution is 0.420. The fraction of sp³-hybridized carbons (Fsp3) is 0.857. The molecule has 1 aliphatic carbocycles. The van der Waals surface area contributed by atoms with Crippen molar-refractivity contribution in [1.82, 2.24) is 15.5 Å². The predicted molar refractivity (Wildman–Crippen MR) is 76.0 cm³/mol. The number of hydrogen-bond acceptors (Lipinski definition) is 5. The molecule has 1 saturated carbocycles.